The number of nitrogens with one attached hydrogen (secondary N) is 1. The number of benzene rings is 1. The third-order valence-electron chi connectivity index (χ3n) is 4.31. The minimum absolute atomic E-state index is 0.185. The fourth-order valence-corrected chi connectivity index (χ4v) is 3.14. The van der Waals surface area contributed by atoms with E-state index in [-0.39, 0.29) is 24.1 Å². The van der Waals surface area contributed by atoms with Crippen molar-refractivity contribution < 1.29 is 18.4 Å². The molecule has 3 rings (SSSR count). The first-order valence-electron chi connectivity index (χ1n) is 7.77. The Kier molecular flexibility index (Phi) is 4.41. The molecule has 6 heteroatoms. The number of hydrogen-bond acceptors (Lipinski definition) is 2. The Balaban J connectivity index is 1.64. The van der Waals surface area contributed by atoms with Crippen LogP contribution in [-0.2, 0) is 9.59 Å². The molecule has 2 atom stereocenters. The van der Waals surface area contributed by atoms with Crippen LogP contribution in [0.2, 0.25) is 0 Å². The van der Waals surface area contributed by atoms with E-state index < -0.39 is 23.6 Å². The zero-order chi connectivity index (χ0) is 16.4. The highest BCUT2D eigenvalue weighted by Crippen LogP contribution is 2.28. The summed E-state index contributed by atoms with van der Waals surface area (Å²) in [6.07, 6.45) is 6.66. The van der Waals surface area contributed by atoms with E-state index in [0.29, 0.717) is 12.8 Å². The molecule has 4 nitrogen and oxygen atoms in total. The molecule has 1 aromatic rings. The van der Waals surface area contributed by atoms with E-state index in [2.05, 4.69) is 5.32 Å². The van der Waals surface area contributed by atoms with Crippen LogP contribution in [0.25, 0.3) is 0 Å². The SMILES string of the molecule is O=C(C[C@@H]1C=CCC1)N[C@H]1CCN(c2c(F)cccc2F)C1=O. The maximum absolute atomic E-state index is 13.8. The summed E-state index contributed by atoms with van der Waals surface area (Å²) in [6, 6.07) is 2.77. The fourth-order valence-electron chi connectivity index (χ4n) is 3.14. The molecule has 1 fully saturated rings. The molecule has 23 heavy (non-hydrogen) atoms. The van der Waals surface area contributed by atoms with Crippen LogP contribution in [0.3, 0.4) is 0 Å². The number of para-hydroxylation sites is 1. The lowest BCUT2D eigenvalue weighted by atomic mass is 10.0. The number of allylic oxidation sites excluding steroid dienone is 2. The monoisotopic (exact) mass is 320 g/mol. The Morgan fingerprint density at radius 1 is 1.26 bits per heavy atom. The molecule has 0 radical (unpaired) electrons. The van der Waals surface area contributed by atoms with E-state index >= 15 is 0 Å². The molecule has 122 valence electrons. The number of carbonyl (C=O) groups is 2. The first kappa shape index (κ1) is 15.6. The van der Waals surface area contributed by atoms with Gasteiger partial charge in [0, 0.05) is 13.0 Å². The summed E-state index contributed by atoms with van der Waals surface area (Å²) in [5, 5.41) is 2.69. The van der Waals surface area contributed by atoms with Crippen LogP contribution in [0.1, 0.15) is 25.7 Å². The summed E-state index contributed by atoms with van der Waals surface area (Å²) in [5.41, 5.74) is -0.340. The maximum Gasteiger partial charge on any atom is 0.249 e. The second-order valence-corrected chi connectivity index (χ2v) is 5.94. The van der Waals surface area contributed by atoms with Crippen LogP contribution in [-0.4, -0.2) is 24.4 Å². The molecular weight excluding hydrogens is 302 g/mol. The standard InChI is InChI=1S/C17H18F2N2O2/c18-12-6-3-7-13(19)16(12)21-9-8-14(17(21)23)20-15(22)10-11-4-1-2-5-11/h1,3-4,6-7,11,14H,2,5,8-10H2,(H,20,22)/t11-,14+/m1/s1. The van der Waals surface area contributed by atoms with Crippen molar-refractivity contribution in [2.24, 2.45) is 5.92 Å². The van der Waals surface area contributed by atoms with Crippen molar-refractivity contribution in [1.29, 1.82) is 0 Å². The van der Waals surface area contributed by atoms with Crippen molar-refractivity contribution in [3.05, 3.63) is 42.0 Å². The van der Waals surface area contributed by atoms with E-state index in [9.17, 15) is 18.4 Å². The molecule has 0 saturated carbocycles. The molecule has 1 N–H and O–H groups in total. The van der Waals surface area contributed by atoms with Gasteiger partial charge in [0.25, 0.3) is 0 Å². The van der Waals surface area contributed by atoms with Gasteiger partial charge < -0.3 is 10.2 Å². The van der Waals surface area contributed by atoms with Crippen molar-refractivity contribution in [3.8, 4) is 0 Å². The minimum atomic E-state index is -0.776. The fraction of sp³-hybridized carbons (Fsp3) is 0.412. The number of carbonyl (C=O) groups excluding carboxylic acids is 2. The molecule has 0 unspecified atom stereocenters. The van der Waals surface area contributed by atoms with Gasteiger partial charge in [-0.05, 0) is 37.3 Å². The van der Waals surface area contributed by atoms with Gasteiger partial charge in [-0.2, -0.15) is 0 Å². The lowest BCUT2D eigenvalue weighted by Crippen LogP contribution is -2.42. The summed E-state index contributed by atoms with van der Waals surface area (Å²) in [7, 11) is 0. The number of nitrogens with zero attached hydrogens (tertiary/aromatic N) is 1. The van der Waals surface area contributed by atoms with E-state index in [0.717, 1.165) is 29.9 Å². The second kappa shape index (κ2) is 6.48. The predicted octanol–water partition coefficient (Wildman–Crippen LogP) is 2.54. The van der Waals surface area contributed by atoms with Crippen molar-refractivity contribution >= 4 is 17.5 Å². The minimum Gasteiger partial charge on any atom is -0.344 e. The molecule has 2 aliphatic rings. The van der Waals surface area contributed by atoms with E-state index in [1.807, 2.05) is 12.2 Å². The quantitative estimate of drug-likeness (QED) is 0.867. The summed E-state index contributed by atoms with van der Waals surface area (Å²) in [4.78, 5) is 25.4. The summed E-state index contributed by atoms with van der Waals surface area (Å²) in [5.74, 6) is -2.01. The first-order valence-corrected chi connectivity index (χ1v) is 7.77. The zero-order valence-corrected chi connectivity index (χ0v) is 12.6. The first-order chi connectivity index (χ1) is 11.1. The number of amides is 2. The molecule has 1 saturated heterocycles. The van der Waals surface area contributed by atoms with Crippen molar-refractivity contribution in [1.82, 2.24) is 5.32 Å². The van der Waals surface area contributed by atoms with Crippen LogP contribution < -0.4 is 10.2 Å². The maximum atomic E-state index is 13.8. The molecule has 0 spiro atoms. The Morgan fingerprint density at radius 2 is 2.00 bits per heavy atom. The number of halogens is 2. The highest BCUT2D eigenvalue weighted by molar-refractivity contribution is 6.01. The smallest absolute Gasteiger partial charge is 0.249 e. The van der Waals surface area contributed by atoms with Gasteiger partial charge in [0.05, 0.1) is 0 Å². The van der Waals surface area contributed by atoms with Gasteiger partial charge in [0.2, 0.25) is 11.8 Å². The molecule has 1 aliphatic heterocycles. The van der Waals surface area contributed by atoms with E-state index in [4.69, 9.17) is 0 Å². The Morgan fingerprint density at radius 3 is 2.65 bits per heavy atom. The van der Waals surface area contributed by atoms with Gasteiger partial charge >= 0.3 is 0 Å². The molecular formula is C17H18F2N2O2. The lowest BCUT2D eigenvalue weighted by Gasteiger charge is -2.18. The Hall–Kier alpha value is -2.24. The van der Waals surface area contributed by atoms with E-state index in [1.165, 1.54) is 6.07 Å². The molecule has 2 amide bonds. The van der Waals surface area contributed by atoms with Crippen LogP contribution in [0.4, 0.5) is 14.5 Å². The molecule has 0 bridgehead atoms. The van der Waals surface area contributed by atoms with Crippen LogP contribution >= 0.6 is 0 Å². The number of rotatable bonds is 4. The zero-order valence-electron chi connectivity index (χ0n) is 12.6. The highest BCUT2D eigenvalue weighted by atomic mass is 19.1. The third kappa shape index (κ3) is 3.25. The number of hydrogen-bond donors (Lipinski definition) is 1. The van der Waals surface area contributed by atoms with Gasteiger partial charge in [0.15, 0.2) is 0 Å². The van der Waals surface area contributed by atoms with Crippen LogP contribution in [0.5, 0.6) is 0 Å². The normalized spacial score (nSPS) is 23.6. The van der Waals surface area contributed by atoms with Gasteiger partial charge in [-0.15, -0.1) is 0 Å². The summed E-state index contributed by atoms with van der Waals surface area (Å²) in [6.45, 7) is 0.185. The topological polar surface area (TPSA) is 49.4 Å². The van der Waals surface area contributed by atoms with Crippen molar-refractivity contribution in [2.75, 3.05) is 11.4 Å². The van der Waals surface area contributed by atoms with Crippen molar-refractivity contribution in [3.63, 3.8) is 0 Å². The van der Waals surface area contributed by atoms with Crippen LogP contribution in [0, 0.1) is 17.6 Å². The molecule has 1 aromatic carbocycles. The second-order valence-electron chi connectivity index (χ2n) is 5.94. The van der Waals surface area contributed by atoms with Gasteiger partial charge in [-0.1, -0.05) is 18.2 Å². The third-order valence-corrected chi connectivity index (χ3v) is 4.31. The highest BCUT2D eigenvalue weighted by Gasteiger charge is 2.36. The largest absolute Gasteiger partial charge is 0.344 e. The van der Waals surface area contributed by atoms with E-state index in [1.54, 1.807) is 0 Å². The Bertz CT molecular complexity index is 640. The molecule has 1 heterocycles. The number of anilines is 1. The summed E-state index contributed by atoms with van der Waals surface area (Å²) >= 11 is 0. The van der Waals surface area contributed by atoms with Crippen molar-refractivity contribution in [2.45, 2.75) is 31.7 Å². The van der Waals surface area contributed by atoms with Gasteiger partial charge in [-0.25, -0.2) is 8.78 Å². The molecule has 1 aliphatic carbocycles. The lowest BCUT2D eigenvalue weighted by molar-refractivity contribution is -0.126. The average Bonchev–Trinajstić information content (AvgIpc) is 3.12. The summed E-state index contributed by atoms with van der Waals surface area (Å²) < 4.78 is 27.6. The average molecular weight is 320 g/mol. The van der Waals surface area contributed by atoms with Crippen LogP contribution in [0.15, 0.2) is 30.4 Å². The van der Waals surface area contributed by atoms with Gasteiger partial charge in [0.1, 0.15) is 23.4 Å². The predicted molar refractivity (Wildman–Crippen MR) is 81.7 cm³/mol. The van der Waals surface area contributed by atoms with Gasteiger partial charge in [-0.3, -0.25) is 9.59 Å². The molecule has 0 aromatic heterocycles. The Labute approximate surface area is 133 Å².